The molecule has 0 N–H and O–H groups in total. The van der Waals surface area contributed by atoms with Gasteiger partial charge < -0.3 is 9.47 Å². The number of ether oxygens (including phenoxy) is 2. The highest BCUT2D eigenvalue weighted by atomic mass is 32.2. The van der Waals surface area contributed by atoms with Crippen LogP contribution in [0.2, 0.25) is 0 Å². The molecule has 0 unspecified atom stereocenters. The molecule has 0 aliphatic carbocycles. The van der Waals surface area contributed by atoms with Crippen LogP contribution in [0.4, 0.5) is 0 Å². The zero-order chi connectivity index (χ0) is 20.9. The van der Waals surface area contributed by atoms with Crippen LogP contribution in [0.1, 0.15) is 29.5 Å². The van der Waals surface area contributed by atoms with Crippen LogP contribution in [0.25, 0.3) is 0 Å². The number of hydrogen-bond donors (Lipinski definition) is 0. The van der Waals surface area contributed by atoms with Gasteiger partial charge >= 0.3 is 0 Å². The van der Waals surface area contributed by atoms with E-state index in [1.165, 1.54) is 0 Å². The molecule has 3 aromatic carbocycles. The van der Waals surface area contributed by atoms with Gasteiger partial charge in [0.2, 0.25) is 0 Å². The van der Waals surface area contributed by atoms with Gasteiger partial charge in [-0.15, -0.1) is 0 Å². The second-order valence-corrected chi connectivity index (χ2v) is 9.50. The van der Waals surface area contributed by atoms with Crippen LogP contribution in [-0.4, -0.2) is 21.1 Å². The van der Waals surface area contributed by atoms with Crippen LogP contribution < -0.4 is 9.47 Å². The molecule has 0 saturated carbocycles. The minimum absolute atomic E-state index is 0.00645. The molecule has 0 saturated heterocycles. The highest BCUT2D eigenvalue weighted by Gasteiger charge is 2.57. The second kappa shape index (κ2) is 6.86. The first-order chi connectivity index (χ1) is 14.4. The van der Waals surface area contributed by atoms with E-state index in [0.717, 1.165) is 22.4 Å². The van der Waals surface area contributed by atoms with Crippen molar-refractivity contribution in [2.24, 2.45) is 0 Å². The Morgan fingerprint density at radius 1 is 0.933 bits per heavy atom. The van der Waals surface area contributed by atoms with Crippen molar-refractivity contribution in [2.45, 2.75) is 36.4 Å². The number of rotatable bonds is 4. The fraction of sp³-hybridized carbons (Fsp3) is 0.250. The van der Waals surface area contributed by atoms with Crippen LogP contribution in [0.5, 0.6) is 11.5 Å². The maximum absolute atomic E-state index is 12.9. The molecule has 0 bridgehead atoms. The fourth-order valence-electron chi connectivity index (χ4n) is 4.36. The Hall–Kier alpha value is -2.83. The summed E-state index contributed by atoms with van der Waals surface area (Å²) in [4.78, 5) is 0.123. The molecule has 2 aliphatic rings. The van der Waals surface area contributed by atoms with E-state index in [0.29, 0.717) is 5.75 Å². The number of benzene rings is 3. The molecule has 6 heteroatoms. The van der Waals surface area contributed by atoms with E-state index in [1.54, 1.807) is 24.3 Å². The van der Waals surface area contributed by atoms with E-state index in [4.69, 9.17) is 13.7 Å². The lowest BCUT2D eigenvalue weighted by Gasteiger charge is -2.42. The van der Waals surface area contributed by atoms with Crippen LogP contribution in [0.15, 0.2) is 77.7 Å². The maximum atomic E-state index is 12.9. The summed E-state index contributed by atoms with van der Waals surface area (Å²) >= 11 is 0. The van der Waals surface area contributed by atoms with Crippen LogP contribution in [0, 0.1) is 6.92 Å². The van der Waals surface area contributed by atoms with Crippen molar-refractivity contribution >= 4 is 10.1 Å². The third kappa shape index (κ3) is 2.90. The Balaban J connectivity index is 1.56. The lowest BCUT2D eigenvalue weighted by molar-refractivity contribution is -0.0702. The Morgan fingerprint density at radius 3 is 2.37 bits per heavy atom. The van der Waals surface area contributed by atoms with Gasteiger partial charge in [0, 0.05) is 17.0 Å². The van der Waals surface area contributed by atoms with Gasteiger partial charge in [0.05, 0.1) is 4.90 Å². The zero-order valence-corrected chi connectivity index (χ0v) is 17.6. The predicted octanol–water partition coefficient (Wildman–Crippen LogP) is 4.55. The predicted molar refractivity (Wildman–Crippen MR) is 112 cm³/mol. The monoisotopic (exact) mass is 422 g/mol. The number of para-hydroxylation sites is 2. The zero-order valence-electron chi connectivity index (χ0n) is 16.7. The Kier molecular flexibility index (Phi) is 4.38. The third-order valence-corrected chi connectivity index (χ3v) is 7.23. The molecule has 2 heterocycles. The summed E-state index contributed by atoms with van der Waals surface area (Å²) in [6, 6.07) is 22.0. The van der Waals surface area contributed by atoms with Crippen LogP contribution in [-0.2, 0) is 19.9 Å². The Morgan fingerprint density at radius 2 is 1.60 bits per heavy atom. The summed E-state index contributed by atoms with van der Waals surface area (Å²) in [7, 11) is -3.95. The summed E-state index contributed by atoms with van der Waals surface area (Å²) in [6.45, 7) is 3.80. The molecule has 0 aromatic heterocycles. The Bertz CT molecular complexity index is 1200. The van der Waals surface area contributed by atoms with Gasteiger partial charge in [0.15, 0.2) is 11.7 Å². The van der Waals surface area contributed by atoms with Gasteiger partial charge in [-0.1, -0.05) is 61.0 Å². The molecular weight excluding hydrogens is 400 g/mol. The van der Waals surface area contributed by atoms with Gasteiger partial charge in [-0.05, 0) is 31.2 Å². The first-order valence-electron chi connectivity index (χ1n) is 9.91. The van der Waals surface area contributed by atoms with Crippen LogP contribution in [0.3, 0.4) is 0 Å². The molecule has 0 radical (unpaired) electrons. The van der Waals surface area contributed by atoms with Crippen molar-refractivity contribution in [3.63, 3.8) is 0 Å². The molecule has 154 valence electrons. The van der Waals surface area contributed by atoms with Gasteiger partial charge in [0.1, 0.15) is 18.1 Å². The number of aryl methyl sites for hydroxylation is 1. The summed E-state index contributed by atoms with van der Waals surface area (Å²) < 4.78 is 44.1. The molecule has 5 nitrogen and oxygen atoms in total. The molecule has 5 rings (SSSR count). The lowest BCUT2D eigenvalue weighted by atomic mass is 9.78. The number of hydrogen-bond acceptors (Lipinski definition) is 5. The molecule has 0 amide bonds. The molecule has 3 atom stereocenters. The van der Waals surface area contributed by atoms with E-state index in [2.05, 4.69) is 6.92 Å². The normalized spacial score (nSPS) is 24.2. The fourth-order valence-corrected chi connectivity index (χ4v) is 5.30. The molecule has 3 aromatic rings. The quantitative estimate of drug-likeness (QED) is 0.577. The highest BCUT2D eigenvalue weighted by molar-refractivity contribution is 7.86. The van der Waals surface area contributed by atoms with E-state index < -0.39 is 21.8 Å². The lowest BCUT2D eigenvalue weighted by Crippen LogP contribution is -2.52. The van der Waals surface area contributed by atoms with E-state index in [9.17, 15) is 8.42 Å². The van der Waals surface area contributed by atoms with Gasteiger partial charge in [-0.2, -0.15) is 8.42 Å². The second-order valence-electron chi connectivity index (χ2n) is 7.88. The number of fused-ring (bicyclic) bond motifs is 4. The van der Waals surface area contributed by atoms with Crippen molar-refractivity contribution in [1.29, 1.82) is 0 Å². The van der Waals surface area contributed by atoms with E-state index in [1.807, 2.05) is 55.5 Å². The standard InChI is InChI=1S/C24H22O5S/c1-16-11-13-18(14-12-16)30(25,26)27-15-24-20-8-4-6-10-22(20)28-23(24)17(2)19-7-3-5-9-21(19)29-24/h3-14,17,23H,15H2,1-2H3/t17-,23-,24-/m0/s1. The molecular formula is C24H22O5S. The maximum Gasteiger partial charge on any atom is 0.297 e. The van der Waals surface area contributed by atoms with Crippen molar-refractivity contribution in [1.82, 2.24) is 0 Å². The Labute approximate surface area is 176 Å². The van der Waals surface area contributed by atoms with Gasteiger partial charge in [-0.25, -0.2) is 0 Å². The van der Waals surface area contributed by atoms with Crippen molar-refractivity contribution < 1.29 is 22.1 Å². The van der Waals surface area contributed by atoms with E-state index >= 15 is 0 Å². The minimum Gasteiger partial charge on any atom is -0.485 e. The smallest absolute Gasteiger partial charge is 0.297 e. The summed E-state index contributed by atoms with van der Waals surface area (Å²) in [5.74, 6) is 1.41. The van der Waals surface area contributed by atoms with Crippen molar-refractivity contribution in [3.8, 4) is 11.5 Å². The average Bonchev–Trinajstić information content (AvgIpc) is 3.08. The van der Waals surface area contributed by atoms with Crippen molar-refractivity contribution in [2.75, 3.05) is 6.61 Å². The third-order valence-electron chi connectivity index (χ3n) is 5.95. The first kappa shape index (κ1) is 19.2. The van der Waals surface area contributed by atoms with E-state index in [-0.39, 0.29) is 17.4 Å². The topological polar surface area (TPSA) is 61.8 Å². The molecule has 30 heavy (non-hydrogen) atoms. The largest absolute Gasteiger partial charge is 0.485 e. The average molecular weight is 423 g/mol. The summed E-state index contributed by atoms with van der Waals surface area (Å²) in [5, 5.41) is 0. The minimum atomic E-state index is -3.95. The summed E-state index contributed by atoms with van der Waals surface area (Å²) in [5.41, 5.74) is 1.76. The highest BCUT2D eigenvalue weighted by Crippen LogP contribution is 2.53. The van der Waals surface area contributed by atoms with Crippen LogP contribution >= 0.6 is 0 Å². The van der Waals surface area contributed by atoms with Crippen molar-refractivity contribution in [3.05, 3.63) is 89.5 Å². The SMILES string of the molecule is Cc1ccc(S(=O)(=O)OC[C@@]23Oc4ccccc4[C@H](C)[C@@H]2Oc2ccccc23)cc1. The van der Waals surface area contributed by atoms with Gasteiger partial charge in [-0.3, -0.25) is 4.18 Å². The first-order valence-corrected chi connectivity index (χ1v) is 11.3. The molecule has 0 spiro atoms. The summed E-state index contributed by atoms with van der Waals surface area (Å²) in [6.07, 6.45) is -0.405. The molecule has 2 aliphatic heterocycles. The molecule has 0 fully saturated rings. The van der Waals surface area contributed by atoms with Gasteiger partial charge in [0.25, 0.3) is 10.1 Å².